The maximum atomic E-state index is 12.5. The zero-order chi connectivity index (χ0) is 13.2. The Morgan fingerprint density at radius 3 is 2.74 bits per heavy atom. The number of carbonyl (C=O) groups excluding carboxylic acids is 1. The van der Waals surface area contributed by atoms with Crippen molar-refractivity contribution in [1.82, 2.24) is 14.9 Å². The summed E-state index contributed by atoms with van der Waals surface area (Å²) in [5, 5.41) is 0.325. The molecule has 1 aromatic rings. The zero-order valence-electron chi connectivity index (χ0n) is 10.9. The second-order valence-corrected chi connectivity index (χ2v) is 5.86. The molecular formula is C14H18ClN3O. The second-order valence-electron chi connectivity index (χ2n) is 5.48. The highest BCUT2D eigenvalue weighted by atomic mass is 35.5. The summed E-state index contributed by atoms with van der Waals surface area (Å²) in [6.45, 7) is 0.851. The molecule has 2 aliphatic rings. The predicted molar refractivity (Wildman–Crippen MR) is 73.1 cm³/mol. The van der Waals surface area contributed by atoms with E-state index in [1.165, 1.54) is 38.1 Å². The molecule has 1 aromatic heterocycles. The average Bonchev–Trinajstić information content (AvgIpc) is 2.47. The summed E-state index contributed by atoms with van der Waals surface area (Å²) >= 11 is 5.71. The number of hydrogen-bond donors (Lipinski definition) is 0. The highest BCUT2D eigenvalue weighted by molar-refractivity contribution is 6.29. The first-order chi connectivity index (χ1) is 9.25. The van der Waals surface area contributed by atoms with Crippen LogP contribution in [-0.2, 0) is 0 Å². The van der Waals surface area contributed by atoms with Gasteiger partial charge in [-0.25, -0.2) is 9.97 Å². The molecule has 1 saturated carbocycles. The topological polar surface area (TPSA) is 46.1 Å². The number of halogens is 1. The Hall–Kier alpha value is -1.16. The molecule has 0 bridgehead atoms. The normalized spacial score (nSPS) is 26.9. The van der Waals surface area contributed by atoms with Crippen LogP contribution in [0.1, 0.15) is 49.0 Å². The van der Waals surface area contributed by atoms with E-state index in [4.69, 9.17) is 11.6 Å². The molecule has 0 radical (unpaired) electrons. The molecule has 1 amide bonds. The Morgan fingerprint density at radius 2 is 1.95 bits per heavy atom. The van der Waals surface area contributed by atoms with Gasteiger partial charge in [0.15, 0.2) is 0 Å². The average molecular weight is 280 g/mol. The number of fused-ring (bicyclic) bond motifs is 1. The lowest BCUT2D eigenvalue weighted by Gasteiger charge is -2.43. The Kier molecular flexibility index (Phi) is 3.69. The summed E-state index contributed by atoms with van der Waals surface area (Å²) in [5.74, 6) is 0.701. The number of rotatable bonds is 1. The second kappa shape index (κ2) is 5.45. The molecule has 0 N–H and O–H groups in total. The summed E-state index contributed by atoms with van der Waals surface area (Å²) in [6, 6.07) is 0.410. The van der Waals surface area contributed by atoms with Crippen LogP contribution >= 0.6 is 11.6 Å². The van der Waals surface area contributed by atoms with E-state index >= 15 is 0 Å². The van der Waals surface area contributed by atoms with Gasteiger partial charge in [0.1, 0.15) is 10.8 Å². The van der Waals surface area contributed by atoms with Crippen LogP contribution in [0.5, 0.6) is 0 Å². The van der Waals surface area contributed by atoms with Crippen LogP contribution in [0.25, 0.3) is 0 Å². The minimum atomic E-state index is 0.0146. The fraction of sp³-hybridized carbons (Fsp3) is 0.643. The van der Waals surface area contributed by atoms with Crippen LogP contribution in [0, 0.1) is 5.92 Å². The Morgan fingerprint density at radius 1 is 1.16 bits per heavy atom. The van der Waals surface area contributed by atoms with Crippen molar-refractivity contribution in [1.29, 1.82) is 0 Å². The summed E-state index contributed by atoms with van der Waals surface area (Å²) in [7, 11) is 0. The van der Waals surface area contributed by atoms with Crippen molar-refractivity contribution in [2.45, 2.75) is 44.6 Å². The molecule has 102 valence electrons. The quantitative estimate of drug-likeness (QED) is 0.794. The van der Waals surface area contributed by atoms with E-state index in [-0.39, 0.29) is 5.91 Å². The van der Waals surface area contributed by atoms with Crippen molar-refractivity contribution in [3.63, 3.8) is 0 Å². The van der Waals surface area contributed by atoms with Gasteiger partial charge in [-0.3, -0.25) is 4.79 Å². The molecule has 4 nitrogen and oxygen atoms in total. The first-order valence-electron chi connectivity index (χ1n) is 7.04. The monoisotopic (exact) mass is 279 g/mol. The van der Waals surface area contributed by atoms with Crippen LogP contribution in [0.2, 0.25) is 5.15 Å². The zero-order valence-corrected chi connectivity index (χ0v) is 11.6. The molecule has 3 rings (SSSR count). The molecule has 2 atom stereocenters. The molecule has 1 aliphatic carbocycles. The van der Waals surface area contributed by atoms with Gasteiger partial charge in [0.25, 0.3) is 5.91 Å². The van der Waals surface area contributed by atoms with E-state index in [0.717, 1.165) is 19.4 Å². The van der Waals surface area contributed by atoms with E-state index < -0.39 is 0 Å². The molecule has 5 heteroatoms. The first-order valence-corrected chi connectivity index (χ1v) is 7.42. The number of piperidine rings is 1. The third-order valence-electron chi connectivity index (χ3n) is 4.34. The van der Waals surface area contributed by atoms with Crippen molar-refractivity contribution < 1.29 is 4.79 Å². The van der Waals surface area contributed by atoms with Gasteiger partial charge in [0, 0.05) is 12.6 Å². The van der Waals surface area contributed by atoms with Gasteiger partial charge in [-0.05, 0) is 31.6 Å². The van der Waals surface area contributed by atoms with Crippen molar-refractivity contribution >= 4 is 17.5 Å². The minimum absolute atomic E-state index is 0.0146. The van der Waals surface area contributed by atoms with Gasteiger partial charge in [0.05, 0.1) is 12.4 Å². The number of likely N-dealkylation sites (tertiary alicyclic amines) is 1. The summed E-state index contributed by atoms with van der Waals surface area (Å²) < 4.78 is 0. The van der Waals surface area contributed by atoms with Gasteiger partial charge < -0.3 is 4.90 Å². The van der Waals surface area contributed by atoms with Crippen molar-refractivity contribution in [3.05, 3.63) is 23.2 Å². The fourth-order valence-corrected chi connectivity index (χ4v) is 3.54. The van der Waals surface area contributed by atoms with Gasteiger partial charge in [-0.15, -0.1) is 0 Å². The van der Waals surface area contributed by atoms with Crippen LogP contribution in [0.4, 0.5) is 0 Å². The highest BCUT2D eigenvalue weighted by Gasteiger charge is 2.36. The first kappa shape index (κ1) is 12.9. The number of hydrogen-bond acceptors (Lipinski definition) is 3. The lowest BCUT2D eigenvalue weighted by atomic mass is 9.78. The Balaban J connectivity index is 1.79. The molecule has 19 heavy (non-hydrogen) atoms. The van der Waals surface area contributed by atoms with Crippen molar-refractivity contribution in [3.8, 4) is 0 Å². The molecule has 2 fully saturated rings. The lowest BCUT2D eigenvalue weighted by Crippen LogP contribution is -2.49. The molecule has 1 saturated heterocycles. The molecule has 2 heterocycles. The van der Waals surface area contributed by atoms with Crippen LogP contribution < -0.4 is 0 Å². The standard InChI is InChI=1S/C14H18ClN3O/c15-13-9-16-11(8-17-13)14(19)18-7-3-5-10-4-1-2-6-12(10)18/h8-10,12H,1-7H2. The molecule has 1 aliphatic heterocycles. The van der Waals surface area contributed by atoms with Gasteiger partial charge >= 0.3 is 0 Å². The van der Waals surface area contributed by atoms with E-state index in [0.29, 0.717) is 22.8 Å². The largest absolute Gasteiger partial charge is 0.334 e. The number of amides is 1. The molecule has 0 aromatic carbocycles. The molecule has 0 spiro atoms. The summed E-state index contributed by atoms with van der Waals surface area (Å²) in [5.41, 5.74) is 0.413. The fourth-order valence-electron chi connectivity index (χ4n) is 3.45. The SMILES string of the molecule is O=C(c1cnc(Cl)cn1)N1CCCC2CCCCC21. The van der Waals surface area contributed by atoms with Gasteiger partial charge in [-0.2, -0.15) is 0 Å². The van der Waals surface area contributed by atoms with Crippen molar-refractivity contribution in [2.24, 2.45) is 5.92 Å². The number of aromatic nitrogens is 2. The lowest BCUT2D eigenvalue weighted by molar-refractivity contribution is 0.0385. The van der Waals surface area contributed by atoms with Crippen LogP contribution in [-0.4, -0.2) is 33.4 Å². The van der Waals surface area contributed by atoms with Gasteiger partial charge in [-0.1, -0.05) is 24.4 Å². The minimum Gasteiger partial charge on any atom is -0.334 e. The summed E-state index contributed by atoms with van der Waals surface area (Å²) in [4.78, 5) is 22.6. The number of carbonyl (C=O) groups is 1. The third kappa shape index (κ3) is 2.59. The van der Waals surface area contributed by atoms with E-state index in [2.05, 4.69) is 9.97 Å². The highest BCUT2D eigenvalue weighted by Crippen LogP contribution is 2.35. The van der Waals surface area contributed by atoms with Crippen LogP contribution in [0.3, 0.4) is 0 Å². The third-order valence-corrected chi connectivity index (χ3v) is 4.54. The number of nitrogens with zero attached hydrogens (tertiary/aromatic N) is 3. The van der Waals surface area contributed by atoms with E-state index in [1.807, 2.05) is 4.90 Å². The molecular weight excluding hydrogens is 262 g/mol. The smallest absolute Gasteiger partial charge is 0.274 e. The molecule has 2 unspecified atom stereocenters. The van der Waals surface area contributed by atoms with E-state index in [9.17, 15) is 4.79 Å². The van der Waals surface area contributed by atoms with E-state index in [1.54, 1.807) is 0 Å². The maximum Gasteiger partial charge on any atom is 0.274 e. The van der Waals surface area contributed by atoms with Crippen LogP contribution in [0.15, 0.2) is 12.4 Å². The maximum absolute atomic E-state index is 12.5. The predicted octanol–water partition coefficient (Wildman–Crippen LogP) is 2.92. The Labute approximate surface area is 118 Å². The van der Waals surface area contributed by atoms with Gasteiger partial charge in [0.2, 0.25) is 0 Å². The Bertz CT molecular complexity index is 460. The van der Waals surface area contributed by atoms with Crippen molar-refractivity contribution in [2.75, 3.05) is 6.54 Å². The summed E-state index contributed by atoms with van der Waals surface area (Å²) in [6.07, 6.45) is 10.2.